The molecular weight excluding hydrogens is 172 g/mol. The molecule has 1 aliphatic rings. The van der Waals surface area contributed by atoms with Gasteiger partial charge in [0.1, 0.15) is 0 Å². The quantitative estimate of drug-likeness (QED) is 0.620. The molecule has 0 aromatic heterocycles. The summed E-state index contributed by atoms with van der Waals surface area (Å²) in [5, 5.41) is 0. The molecule has 0 aromatic rings. The minimum absolute atomic E-state index is 0.432. The molecule has 1 unspecified atom stereocenters. The van der Waals surface area contributed by atoms with Crippen molar-refractivity contribution in [2.75, 3.05) is 6.61 Å². The van der Waals surface area contributed by atoms with E-state index < -0.39 is 0 Å². The molecule has 14 heavy (non-hydrogen) atoms. The van der Waals surface area contributed by atoms with Gasteiger partial charge in [0, 0.05) is 0 Å². The highest BCUT2D eigenvalue weighted by Crippen LogP contribution is 2.18. The second-order valence-electron chi connectivity index (χ2n) is 3.78. The third-order valence-electron chi connectivity index (χ3n) is 2.63. The van der Waals surface area contributed by atoms with Crippen LogP contribution in [-0.2, 0) is 4.74 Å². The van der Waals surface area contributed by atoms with E-state index >= 15 is 0 Å². The predicted octanol–water partition coefficient (Wildman–Crippen LogP) is 3.63. The van der Waals surface area contributed by atoms with Gasteiger partial charge in [0.05, 0.1) is 12.7 Å². The van der Waals surface area contributed by atoms with Crippen LogP contribution in [0.5, 0.6) is 0 Å². The first-order chi connectivity index (χ1) is 6.76. The summed E-state index contributed by atoms with van der Waals surface area (Å²) in [6, 6.07) is 0. The van der Waals surface area contributed by atoms with Gasteiger partial charge in [-0.2, -0.15) is 0 Å². The maximum atomic E-state index is 5.57. The molecule has 0 aromatic carbocycles. The zero-order valence-electron chi connectivity index (χ0n) is 9.25. The Balaban J connectivity index is 2.52. The van der Waals surface area contributed by atoms with Crippen LogP contribution in [0.3, 0.4) is 0 Å². The summed E-state index contributed by atoms with van der Waals surface area (Å²) < 4.78 is 5.57. The lowest BCUT2D eigenvalue weighted by molar-refractivity contribution is 0.0559. The van der Waals surface area contributed by atoms with Gasteiger partial charge in [-0.3, -0.25) is 0 Å². The molecule has 1 aliphatic heterocycles. The molecule has 0 radical (unpaired) electrons. The summed E-state index contributed by atoms with van der Waals surface area (Å²) in [6.45, 7) is 8.85. The minimum Gasteiger partial charge on any atom is -0.374 e. The standard InChI is InChI=1S/C13H20O/c1-4-12(5-2)8-9-13-7-6-11(3)14-10-13/h4,8-9,11H,1,5-7,10H2,2-3H3/b12-8+,13-9+. The average Bonchev–Trinajstić information content (AvgIpc) is 2.22. The van der Waals surface area contributed by atoms with Gasteiger partial charge in [0.25, 0.3) is 0 Å². The summed E-state index contributed by atoms with van der Waals surface area (Å²) in [6.07, 6.45) is 10.1. The fourth-order valence-electron chi connectivity index (χ4n) is 1.48. The number of allylic oxidation sites excluding steroid dienone is 4. The second kappa shape index (κ2) is 5.82. The van der Waals surface area contributed by atoms with E-state index in [9.17, 15) is 0 Å². The van der Waals surface area contributed by atoms with Crippen molar-refractivity contribution in [2.24, 2.45) is 0 Å². The Bertz CT molecular complexity index is 238. The van der Waals surface area contributed by atoms with Crippen molar-refractivity contribution in [2.45, 2.75) is 39.2 Å². The summed E-state index contributed by atoms with van der Waals surface area (Å²) in [5.74, 6) is 0. The third-order valence-corrected chi connectivity index (χ3v) is 2.63. The van der Waals surface area contributed by atoms with Crippen molar-refractivity contribution < 1.29 is 4.74 Å². The fourth-order valence-corrected chi connectivity index (χ4v) is 1.48. The Morgan fingerprint density at radius 2 is 2.43 bits per heavy atom. The smallest absolute Gasteiger partial charge is 0.0683 e. The number of rotatable bonds is 3. The Morgan fingerprint density at radius 1 is 1.64 bits per heavy atom. The van der Waals surface area contributed by atoms with Crippen LogP contribution in [0.4, 0.5) is 0 Å². The largest absolute Gasteiger partial charge is 0.374 e. The van der Waals surface area contributed by atoms with Crippen molar-refractivity contribution in [3.8, 4) is 0 Å². The fraction of sp³-hybridized carbons (Fsp3) is 0.538. The molecule has 0 saturated carbocycles. The van der Waals surface area contributed by atoms with Crippen LogP contribution >= 0.6 is 0 Å². The number of hydrogen-bond acceptors (Lipinski definition) is 1. The number of ether oxygens (including phenoxy) is 1. The zero-order valence-corrected chi connectivity index (χ0v) is 9.25. The molecule has 1 rings (SSSR count). The van der Waals surface area contributed by atoms with E-state index in [4.69, 9.17) is 4.74 Å². The molecule has 1 atom stereocenters. The normalized spacial score (nSPS) is 26.6. The third kappa shape index (κ3) is 3.51. The lowest BCUT2D eigenvalue weighted by Crippen LogP contribution is -2.16. The summed E-state index contributed by atoms with van der Waals surface area (Å²) in [4.78, 5) is 0. The van der Waals surface area contributed by atoms with Crippen LogP contribution in [-0.4, -0.2) is 12.7 Å². The second-order valence-corrected chi connectivity index (χ2v) is 3.78. The molecule has 0 amide bonds. The molecule has 1 heteroatoms. The van der Waals surface area contributed by atoms with Crippen molar-refractivity contribution in [3.63, 3.8) is 0 Å². The highest BCUT2D eigenvalue weighted by Gasteiger charge is 2.11. The molecule has 0 bridgehead atoms. The molecule has 0 aliphatic carbocycles. The number of hydrogen-bond donors (Lipinski definition) is 0. The van der Waals surface area contributed by atoms with Crippen LogP contribution in [0.15, 0.2) is 36.0 Å². The molecule has 1 heterocycles. The average molecular weight is 192 g/mol. The van der Waals surface area contributed by atoms with Crippen molar-refractivity contribution >= 4 is 0 Å². The molecular formula is C13H20O. The van der Waals surface area contributed by atoms with Gasteiger partial charge < -0.3 is 4.74 Å². The van der Waals surface area contributed by atoms with E-state index in [0.29, 0.717) is 6.10 Å². The summed E-state index contributed by atoms with van der Waals surface area (Å²) in [7, 11) is 0. The van der Waals surface area contributed by atoms with E-state index in [2.05, 4.69) is 32.6 Å². The summed E-state index contributed by atoms with van der Waals surface area (Å²) in [5.41, 5.74) is 2.69. The van der Waals surface area contributed by atoms with Gasteiger partial charge in [0.2, 0.25) is 0 Å². The van der Waals surface area contributed by atoms with Crippen LogP contribution < -0.4 is 0 Å². The molecule has 1 saturated heterocycles. The summed E-state index contributed by atoms with van der Waals surface area (Å²) >= 11 is 0. The first-order valence-corrected chi connectivity index (χ1v) is 5.39. The highest BCUT2D eigenvalue weighted by atomic mass is 16.5. The van der Waals surface area contributed by atoms with Gasteiger partial charge in [-0.05, 0) is 37.3 Å². The van der Waals surface area contributed by atoms with Crippen LogP contribution in [0.1, 0.15) is 33.1 Å². The highest BCUT2D eigenvalue weighted by molar-refractivity contribution is 5.24. The minimum atomic E-state index is 0.432. The molecule has 78 valence electrons. The maximum absolute atomic E-state index is 5.57. The lowest BCUT2D eigenvalue weighted by Gasteiger charge is -2.20. The molecule has 1 nitrogen and oxygen atoms in total. The van der Waals surface area contributed by atoms with E-state index in [-0.39, 0.29) is 0 Å². The molecule has 1 fully saturated rings. The SMILES string of the molecule is C=C/C(=C\C=C1/CCC(C)OC1)CC. The Labute approximate surface area is 87.2 Å². The monoisotopic (exact) mass is 192 g/mol. The maximum Gasteiger partial charge on any atom is 0.0683 e. The topological polar surface area (TPSA) is 9.23 Å². The Hall–Kier alpha value is -0.820. The van der Waals surface area contributed by atoms with Gasteiger partial charge in [-0.25, -0.2) is 0 Å². The zero-order chi connectivity index (χ0) is 10.4. The van der Waals surface area contributed by atoms with Crippen LogP contribution in [0, 0.1) is 0 Å². The Morgan fingerprint density at radius 3 is 2.93 bits per heavy atom. The predicted molar refractivity (Wildman–Crippen MR) is 61.3 cm³/mol. The first-order valence-electron chi connectivity index (χ1n) is 5.39. The van der Waals surface area contributed by atoms with Crippen LogP contribution in [0.25, 0.3) is 0 Å². The molecule has 0 N–H and O–H groups in total. The van der Waals surface area contributed by atoms with Gasteiger partial charge in [0.15, 0.2) is 0 Å². The lowest BCUT2D eigenvalue weighted by atomic mass is 10.0. The van der Waals surface area contributed by atoms with E-state index in [1.165, 1.54) is 17.6 Å². The van der Waals surface area contributed by atoms with Crippen molar-refractivity contribution in [3.05, 3.63) is 36.0 Å². The molecule has 0 spiro atoms. The van der Waals surface area contributed by atoms with Crippen LogP contribution in [0.2, 0.25) is 0 Å². The van der Waals surface area contributed by atoms with Gasteiger partial charge in [-0.15, -0.1) is 0 Å². The van der Waals surface area contributed by atoms with Gasteiger partial charge >= 0.3 is 0 Å². The van der Waals surface area contributed by atoms with Crippen molar-refractivity contribution in [1.29, 1.82) is 0 Å². The van der Waals surface area contributed by atoms with Crippen molar-refractivity contribution in [1.82, 2.24) is 0 Å². The Kier molecular flexibility index (Phi) is 4.68. The van der Waals surface area contributed by atoms with E-state index in [1.807, 2.05) is 6.08 Å². The first kappa shape index (κ1) is 11.3. The van der Waals surface area contributed by atoms with E-state index in [1.54, 1.807) is 0 Å². The van der Waals surface area contributed by atoms with Gasteiger partial charge in [-0.1, -0.05) is 31.7 Å². The van der Waals surface area contributed by atoms with E-state index in [0.717, 1.165) is 19.4 Å².